The molecule has 0 amide bonds. The molecule has 25 heavy (non-hydrogen) atoms. The van der Waals surface area contributed by atoms with Gasteiger partial charge in [0.15, 0.2) is 5.82 Å². The molecule has 0 radical (unpaired) electrons. The highest BCUT2D eigenvalue weighted by molar-refractivity contribution is 6.30. The molecule has 0 unspecified atom stereocenters. The summed E-state index contributed by atoms with van der Waals surface area (Å²) in [4.78, 5) is 4.76. The number of ether oxygens (including phenoxy) is 1. The molecule has 0 N–H and O–H groups in total. The molecule has 1 aliphatic rings. The smallest absolute Gasteiger partial charge is 0.154 e. The van der Waals surface area contributed by atoms with Crippen molar-refractivity contribution in [2.45, 2.75) is 20.8 Å². The lowest BCUT2D eigenvalue weighted by atomic mass is 10.2. The topological polar surface area (TPSA) is 41.5 Å². The van der Waals surface area contributed by atoms with Gasteiger partial charge < -0.3 is 9.64 Å². The van der Waals surface area contributed by atoms with Crippen molar-refractivity contribution in [1.82, 2.24) is 15.1 Å². The summed E-state index contributed by atoms with van der Waals surface area (Å²) >= 11 is 5.98. The number of aryl methyl sites for hydroxylation is 2. The van der Waals surface area contributed by atoms with Crippen molar-refractivity contribution in [3.05, 3.63) is 46.1 Å². The van der Waals surface area contributed by atoms with Gasteiger partial charge in [0.1, 0.15) is 12.4 Å². The van der Waals surface area contributed by atoms with Crippen LogP contribution in [-0.2, 0) is 0 Å². The minimum atomic E-state index is 0.686. The van der Waals surface area contributed by atoms with Crippen LogP contribution in [0.4, 0.5) is 5.82 Å². The normalized spacial score (nSPS) is 15.4. The molecule has 2 aromatic rings. The quantitative estimate of drug-likeness (QED) is 0.818. The molecule has 1 aromatic carbocycles. The molecular weight excluding hydrogens is 336 g/mol. The number of piperazine rings is 1. The summed E-state index contributed by atoms with van der Waals surface area (Å²) in [6, 6.07) is 5.74. The first-order chi connectivity index (χ1) is 12.0. The van der Waals surface area contributed by atoms with Crippen LogP contribution < -0.4 is 9.64 Å². The maximum atomic E-state index is 5.98. The van der Waals surface area contributed by atoms with Crippen molar-refractivity contribution in [3.8, 4) is 5.75 Å². The predicted molar refractivity (Wildman–Crippen MR) is 102 cm³/mol. The maximum Gasteiger partial charge on any atom is 0.154 e. The Morgan fingerprint density at radius 1 is 1.08 bits per heavy atom. The highest BCUT2D eigenvalue weighted by atomic mass is 35.5. The van der Waals surface area contributed by atoms with E-state index in [1.807, 2.05) is 31.3 Å². The van der Waals surface area contributed by atoms with Crippen LogP contribution in [-0.4, -0.2) is 54.4 Å². The number of hydrogen-bond acceptors (Lipinski definition) is 5. The van der Waals surface area contributed by atoms with Crippen LogP contribution in [0.2, 0.25) is 5.02 Å². The summed E-state index contributed by atoms with van der Waals surface area (Å²) in [5.41, 5.74) is 3.50. The van der Waals surface area contributed by atoms with Gasteiger partial charge in [-0.15, -0.1) is 5.10 Å². The largest absolute Gasteiger partial charge is 0.492 e. The first kappa shape index (κ1) is 18.0. The second-order valence-corrected chi connectivity index (χ2v) is 7.00. The number of nitrogens with zero attached hydrogens (tertiary/aromatic N) is 4. The van der Waals surface area contributed by atoms with Crippen LogP contribution in [0.1, 0.15) is 16.7 Å². The molecule has 0 aliphatic carbocycles. The van der Waals surface area contributed by atoms with E-state index in [-0.39, 0.29) is 0 Å². The van der Waals surface area contributed by atoms with Crippen molar-refractivity contribution < 1.29 is 4.74 Å². The van der Waals surface area contributed by atoms with E-state index in [9.17, 15) is 0 Å². The average Bonchev–Trinajstić information content (AvgIpc) is 2.60. The molecule has 0 atom stereocenters. The molecule has 0 bridgehead atoms. The molecule has 6 heteroatoms. The Morgan fingerprint density at radius 2 is 1.84 bits per heavy atom. The third-order valence-corrected chi connectivity index (χ3v) is 5.04. The molecule has 5 nitrogen and oxygen atoms in total. The van der Waals surface area contributed by atoms with Gasteiger partial charge in [-0.25, -0.2) is 0 Å². The second-order valence-electron chi connectivity index (χ2n) is 6.56. The van der Waals surface area contributed by atoms with Gasteiger partial charge in [-0.2, -0.15) is 5.10 Å². The Hall–Kier alpha value is -1.85. The van der Waals surface area contributed by atoms with Gasteiger partial charge in [0, 0.05) is 37.7 Å². The highest BCUT2D eigenvalue weighted by Crippen LogP contribution is 2.22. The number of benzene rings is 1. The molecule has 1 saturated heterocycles. The monoisotopic (exact) mass is 360 g/mol. The molecule has 1 fully saturated rings. The van der Waals surface area contributed by atoms with E-state index >= 15 is 0 Å². The third-order valence-electron chi connectivity index (χ3n) is 4.80. The van der Waals surface area contributed by atoms with Gasteiger partial charge in [0.25, 0.3) is 0 Å². The van der Waals surface area contributed by atoms with Crippen molar-refractivity contribution in [2.75, 3.05) is 44.2 Å². The zero-order valence-corrected chi connectivity index (χ0v) is 15.9. The minimum Gasteiger partial charge on any atom is -0.492 e. The first-order valence-corrected chi connectivity index (χ1v) is 9.07. The van der Waals surface area contributed by atoms with Crippen LogP contribution in [0.25, 0.3) is 0 Å². The summed E-state index contributed by atoms with van der Waals surface area (Å²) in [6.07, 6.45) is 1.82. The molecule has 3 rings (SSSR count). The Balaban J connectivity index is 1.47. The second kappa shape index (κ2) is 8.02. The van der Waals surface area contributed by atoms with E-state index in [1.165, 1.54) is 11.1 Å². The number of halogens is 1. The third kappa shape index (κ3) is 4.41. The Bertz CT molecular complexity index is 729. The SMILES string of the molecule is Cc1cc(Cl)ccc1OCCN1CCN(c2nncc(C)c2C)CC1. The van der Waals surface area contributed by atoms with Gasteiger partial charge in [-0.05, 0) is 55.7 Å². The van der Waals surface area contributed by atoms with Crippen molar-refractivity contribution >= 4 is 17.4 Å². The van der Waals surface area contributed by atoms with Gasteiger partial charge >= 0.3 is 0 Å². The summed E-state index contributed by atoms with van der Waals surface area (Å²) in [7, 11) is 0. The van der Waals surface area contributed by atoms with Crippen LogP contribution >= 0.6 is 11.6 Å². The molecule has 0 spiro atoms. The number of hydrogen-bond donors (Lipinski definition) is 0. The fourth-order valence-corrected chi connectivity index (χ4v) is 3.29. The summed E-state index contributed by atoms with van der Waals surface area (Å²) in [6.45, 7) is 11.8. The first-order valence-electron chi connectivity index (χ1n) is 8.70. The van der Waals surface area contributed by atoms with E-state index in [2.05, 4.69) is 33.8 Å². The number of anilines is 1. The lowest BCUT2D eigenvalue weighted by Gasteiger charge is -2.35. The Morgan fingerprint density at radius 3 is 2.56 bits per heavy atom. The fourth-order valence-electron chi connectivity index (χ4n) is 3.06. The van der Waals surface area contributed by atoms with Crippen LogP contribution in [0.5, 0.6) is 5.75 Å². The van der Waals surface area contributed by atoms with E-state index in [4.69, 9.17) is 16.3 Å². The predicted octanol–water partition coefficient (Wildman–Crippen LogP) is 3.26. The van der Waals surface area contributed by atoms with E-state index in [0.29, 0.717) is 6.61 Å². The molecule has 0 saturated carbocycles. The molecule has 1 aromatic heterocycles. The Labute approximate surface area is 154 Å². The average molecular weight is 361 g/mol. The lowest BCUT2D eigenvalue weighted by Crippen LogP contribution is -2.48. The minimum absolute atomic E-state index is 0.686. The lowest BCUT2D eigenvalue weighted by molar-refractivity contribution is 0.199. The fraction of sp³-hybridized carbons (Fsp3) is 0.474. The van der Waals surface area contributed by atoms with Gasteiger partial charge in [-0.3, -0.25) is 4.90 Å². The Kier molecular flexibility index (Phi) is 5.76. The van der Waals surface area contributed by atoms with E-state index < -0.39 is 0 Å². The maximum absolute atomic E-state index is 5.98. The zero-order valence-electron chi connectivity index (χ0n) is 15.1. The summed E-state index contributed by atoms with van der Waals surface area (Å²) in [5, 5.41) is 9.18. The van der Waals surface area contributed by atoms with Crippen molar-refractivity contribution in [1.29, 1.82) is 0 Å². The summed E-state index contributed by atoms with van der Waals surface area (Å²) in [5.74, 6) is 1.93. The van der Waals surface area contributed by atoms with Crippen molar-refractivity contribution in [2.24, 2.45) is 0 Å². The van der Waals surface area contributed by atoms with Crippen LogP contribution in [0.3, 0.4) is 0 Å². The van der Waals surface area contributed by atoms with Gasteiger partial charge in [0.2, 0.25) is 0 Å². The van der Waals surface area contributed by atoms with Crippen molar-refractivity contribution in [3.63, 3.8) is 0 Å². The van der Waals surface area contributed by atoms with Gasteiger partial charge in [0.05, 0.1) is 6.20 Å². The number of rotatable bonds is 5. The molecule has 1 aliphatic heterocycles. The van der Waals surface area contributed by atoms with E-state index in [1.54, 1.807) is 0 Å². The summed E-state index contributed by atoms with van der Waals surface area (Å²) < 4.78 is 5.90. The van der Waals surface area contributed by atoms with Crippen LogP contribution in [0, 0.1) is 20.8 Å². The highest BCUT2D eigenvalue weighted by Gasteiger charge is 2.20. The van der Waals surface area contributed by atoms with Gasteiger partial charge in [-0.1, -0.05) is 11.6 Å². The molecular formula is C19H25ClN4O. The standard InChI is InChI=1S/C19H25ClN4O/c1-14-12-17(20)4-5-18(14)25-11-10-23-6-8-24(9-7-23)19-16(3)15(2)13-21-22-19/h4-5,12-13H,6-11H2,1-3H3. The van der Waals surface area contributed by atoms with E-state index in [0.717, 1.165) is 54.9 Å². The van der Waals surface area contributed by atoms with Crippen LogP contribution in [0.15, 0.2) is 24.4 Å². The molecule has 134 valence electrons. The zero-order chi connectivity index (χ0) is 17.8. The molecule has 2 heterocycles. The number of aromatic nitrogens is 2.